The van der Waals surface area contributed by atoms with Gasteiger partial charge in [0.05, 0.1) is 25.9 Å². The van der Waals surface area contributed by atoms with Gasteiger partial charge in [-0.2, -0.15) is 0 Å². The largest absolute Gasteiger partial charge is 0.465 e. The standard InChI is InChI=1S/C20H30N2O5/c1-13-10-22(11-14(2)26-13)19(23)16-5-7-21(8-6-16)12-17-9-18(15(3)27-17)20(24)25-4/h9,13-14,16H,5-8,10-12H2,1-4H3. The first-order valence-corrected chi connectivity index (χ1v) is 9.71. The molecule has 3 rings (SSSR count). The summed E-state index contributed by atoms with van der Waals surface area (Å²) in [6.07, 6.45) is 1.90. The molecule has 0 spiro atoms. The average molecular weight is 378 g/mol. The van der Waals surface area contributed by atoms with Crippen LogP contribution < -0.4 is 0 Å². The van der Waals surface area contributed by atoms with Gasteiger partial charge in [-0.25, -0.2) is 4.79 Å². The first kappa shape index (κ1) is 19.9. The molecule has 3 heterocycles. The van der Waals surface area contributed by atoms with E-state index in [-0.39, 0.29) is 30.0 Å². The van der Waals surface area contributed by atoms with Crippen molar-refractivity contribution >= 4 is 11.9 Å². The number of carbonyl (C=O) groups excluding carboxylic acids is 2. The summed E-state index contributed by atoms with van der Waals surface area (Å²) >= 11 is 0. The second-order valence-corrected chi connectivity index (χ2v) is 7.73. The lowest BCUT2D eigenvalue weighted by Gasteiger charge is -2.39. The molecule has 2 aliphatic rings. The number of hydrogen-bond donors (Lipinski definition) is 0. The fourth-order valence-corrected chi connectivity index (χ4v) is 4.11. The fourth-order valence-electron chi connectivity index (χ4n) is 4.11. The van der Waals surface area contributed by atoms with E-state index in [4.69, 9.17) is 13.9 Å². The monoisotopic (exact) mass is 378 g/mol. The van der Waals surface area contributed by atoms with Gasteiger partial charge < -0.3 is 18.8 Å². The van der Waals surface area contributed by atoms with E-state index in [2.05, 4.69) is 4.90 Å². The molecule has 1 aromatic heterocycles. The number of rotatable bonds is 4. The lowest BCUT2D eigenvalue weighted by Crippen LogP contribution is -2.51. The maximum atomic E-state index is 12.8. The van der Waals surface area contributed by atoms with Gasteiger partial charge in [-0.15, -0.1) is 0 Å². The number of morpholine rings is 1. The molecule has 0 bridgehead atoms. The van der Waals surface area contributed by atoms with Gasteiger partial charge >= 0.3 is 5.97 Å². The van der Waals surface area contributed by atoms with Crippen LogP contribution in [0.3, 0.4) is 0 Å². The van der Waals surface area contributed by atoms with Crippen molar-refractivity contribution in [1.82, 2.24) is 9.80 Å². The topological polar surface area (TPSA) is 72.2 Å². The Kier molecular flexibility index (Phi) is 6.22. The number of aryl methyl sites for hydroxylation is 1. The van der Waals surface area contributed by atoms with E-state index in [0.29, 0.717) is 31.0 Å². The molecule has 150 valence electrons. The van der Waals surface area contributed by atoms with Crippen molar-refractivity contribution in [2.24, 2.45) is 5.92 Å². The molecule has 0 saturated carbocycles. The summed E-state index contributed by atoms with van der Waals surface area (Å²) in [6.45, 7) is 9.52. The predicted octanol–water partition coefficient (Wildman–Crippen LogP) is 2.22. The minimum absolute atomic E-state index is 0.0858. The Labute approximate surface area is 160 Å². The molecular formula is C20H30N2O5. The molecule has 0 aliphatic carbocycles. The van der Waals surface area contributed by atoms with Crippen LogP contribution in [0.4, 0.5) is 0 Å². The molecule has 7 nitrogen and oxygen atoms in total. The van der Waals surface area contributed by atoms with E-state index in [1.807, 2.05) is 18.7 Å². The third-order valence-electron chi connectivity index (χ3n) is 5.42. The molecular weight excluding hydrogens is 348 g/mol. The Hall–Kier alpha value is -1.86. The lowest BCUT2D eigenvalue weighted by atomic mass is 9.94. The molecule has 2 fully saturated rings. The van der Waals surface area contributed by atoms with Crippen LogP contribution >= 0.6 is 0 Å². The van der Waals surface area contributed by atoms with Crippen LogP contribution in [0, 0.1) is 12.8 Å². The number of nitrogens with zero attached hydrogens (tertiary/aromatic N) is 2. The second kappa shape index (κ2) is 8.44. The summed E-state index contributed by atoms with van der Waals surface area (Å²) in [5.41, 5.74) is 0.480. The first-order valence-electron chi connectivity index (χ1n) is 9.71. The molecule has 2 saturated heterocycles. The van der Waals surface area contributed by atoms with Crippen LogP contribution in [-0.2, 0) is 20.8 Å². The highest BCUT2D eigenvalue weighted by molar-refractivity contribution is 5.90. The van der Waals surface area contributed by atoms with E-state index in [1.54, 1.807) is 13.0 Å². The van der Waals surface area contributed by atoms with Crippen molar-refractivity contribution in [3.63, 3.8) is 0 Å². The smallest absolute Gasteiger partial charge is 0.341 e. The Balaban J connectivity index is 1.52. The van der Waals surface area contributed by atoms with Crippen molar-refractivity contribution in [2.45, 2.75) is 52.4 Å². The quantitative estimate of drug-likeness (QED) is 0.748. The fraction of sp³-hybridized carbons (Fsp3) is 0.700. The number of methoxy groups -OCH3 is 1. The van der Waals surface area contributed by atoms with Crippen molar-refractivity contribution in [2.75, 3.05) is 33.3 Å². The van der Waals surface area contributed by atoms with Gasteiger partial charge in [0.15, 0.2) is 0 Å². The van der Waals surface area contributed by atoms with Crippen LogP contribution in [0.5, 0.6) is 0 Å². The van der Waals surface area contributed by atoms with Gasteiger partial charge in [0.1, 0.15) is 17.1 Å². The van der Waals surface area contributed by atoms with Gasteiger partial charge in [0.25, 0.3) is 0 Å². The van der Waals surface area contributed by atoms with Crippen LogP contribution in [0.1, 0.15) is 48.6 Å². The number of esters is 1. The van der Waals surface area contributed by atoms with E-state index >= 15 is 0 Å². The number of amides is 1. The van der Waals surface area contributed by atoms with E-state index < -0.39 is 0 Å². The number of piperidine rings is 1. The predicted molar refractivity (Wildman–Crippen MR) is 99.4 cm³/mol. The van der Waals surface area contributed by atoms with Gasteiger partial charge in [-0.1, -0.05) is 0 Å². The van der Waals surface area contributed by atoms with Crippen molar-refractivity contribution in [1.29, 1.82) is 0 Å². The molecule has 0 aromatic carbocycles. The summed E-state index contributed by atoms with van der Waals surface area (Å²) in [6, 6.07) is 1.76. The number of furan rings is 1. The maximum absolute atomic E-state index is 12.8. The Bertz CT molecular complexity index is 668. The minimum atomic E-state index is -0.374. The van der Waals surface area contributed by atoms with Crippen LogP contribution in [-0.4, -0.2) is 67.2 Å². The number of likely N-dealkylation sites (tertiary alicyclic amines) is 1. The third kappa shape index (κ3) is 4.71. The molecule has 7 heteroatoms. The van der Waals surface area contributed by atoms with E-state index in [9.17, 15) is 9.59 Å². The molecule has 1 aromatic rings. The van der Waals surface area contributed by atoms with Crippen molar-refractivity contribution in [3.8, 4) is 0 Å². The zero-order valence-corrected chi connectivity index (χ0v) is 16.7. The molecule has 27 heavy (non-hydrogen) atoms. The molecule has 2 atom stereocenters. The summed E-state index contributed by atoms with van der Waals surface area (Å²) < 4.78 is 16.2. The highest BCUT2D eigenvalue weighted by Crippen LogP contribution is 2.24. The average Bonchev–Trinajstić information content (AvgIpc) is 3.00. The number of ether oxygens (including phenoxy) is 2. The van der Waals surface area contributed by atoms with E-state index in [0.717, 1.165) is 31.7 Å². The molecule has 2 unspecified atom stereocenters. The SMILES string of the molecule is COC(=O)c1cc(CN2CCC(C(=O)N3CC(C)OC(C)C3)CC2)oc1C. The Morgan fingerprint density at radius 2 is 1.81 bits per heavy atom. The number of carbonyl (C=O) groups is 2. The highest BCUT2D eigenvalue weighted by atomic mass is 16.5. The third-order valence-corrected chi connectivity index (χ3v) is 5.42. The Morgan fingerprint density at radius 1 is 1.19 bits per heavy atom. The summed E-state index contributed by atoms with van der Waals surface area (Å²) in [5, 5.41) is 0. The second-order valence-electron chi connectivity index (χ2n) is 7.73. The van der Waals surface area contributed by atoms with Gasteiger partial charge in [0.2, 0.25) is 5.91 Å². The van der Waals surface area contributed by atoms with Gasteiger partial charge in [-0.3, -0.25) is 9.69 Å². The van der Waals surface area contributed by atoms with Crippen molar-refractivity contribution < 1.29 is 23.5 Å². The normalized spacial score (nSPS) is 24.8. The van der Waals surface area contributed by atoms with E-state index in [1.165, 1.54) is 7.11 Å². The molecule has 2 aliphatic heterocycles. The lowest BCUT2D eigenvalue weighted by molar-refractivity contribution is -0.148. The Morgan fingerprint density at radius 3 is 2.41 bits per heavy atom. The van der Waals surface area contributed by atoms with Crippen LogP contribution in [0.2, 0.25) is 0 Å². The first-order chi connectivity index (χ1) is 12.9. The summed E-state index contributed by atoms with van der Waals surface area (Å²) in [4.78, 5) is 28.8. The highest BCUT2D eigenvalue weighted by Gasteiger charge is 2.32. The van der Waals surface area contributed by atoms with Gasteiger partial charge in [-0.05, 0) is 52.8 Å². The molecule has 0 N–H and O–H groups in total. The minimum Gasteiger partial charge on any atom is -0.465 e. The number of hydrogen-bond acceptors (Lipinski definition) is 6. The van der Waals surface area contributed by atoms with Crippen LogP contribution in [0.15, 0.2) is 10.5 Å². The zero-order chi connectivity index (χ0) is 19.6. The summed E-state index contributed by atoms with van der Waals surface area (Å²) in [7, 11) is 1.37. The maximum Gasteiger partial charge on any atom is 0.341 e. The zero-order valence-electron chi connectivity index (χ0n) is 16.7. The van der Waals surface area contributed by atoms with Crippen LogP contribution in [0.25, 0.3) is 0 Å². The summed E-state index contributed by atoms with van der Waals surface area (Å²) in [5.74, 6) is 1.31. The molecule has 0 radical (unpaired) electrons. The van der Waals surface area contributed by atoms with Crippen molar-refractivity contribution in [3.05, 3.63) is 23.2 Å². The van der Waals surface area contributed by atoms with Gasteiger partial charge in [0, 0.05) is 19.0 Å². The molecule has 1 amide bonds.